The molecule has 2 N–H and O–H groups in total. The van der Waals surface area contributed by atoms with Gasteiger partial charge >= 0.3 is 12.1 Å². The molecule has 1 rings (SSSR count). The summed E-state index contributed by atoms with van der Waals surface area (Å²) in [6.07, 6.45) is -3.73. The van der Waals surface area contributed by atoms with Crippen LogP contribution in [-0.2, 0) is 10.4 Å². The number of aliphatic hydroxyl groups is 1. The number of carbonyl (C=O) groups is 1. The Balaban J connectivity index is 3.11. The van der Waals surface area contributed by atoms with E-state index in [0.717, 1.165) is 0 Å². The molecule has 1 aromatic carbocycles. The fourth-order valence-electron chi connectivity index (χ4n) is 1.27. The minimum absolute atomic E-state index is 0.0752. The zero-order valence-electron chi connectivity index (χ0n) is 9.88. The summed E-state index contributed by atoms with van der Waals surface area (Å²) in [5.74, 6) is -2.07. The van der Waals surface area contributed by atoms with Gasteiger partial charge in [-0.1, -0.05) is 28.6 Å². The van der Waals surface area contributed by atoms with Crippen molar-refractivity contribution in [2.45, 2.75) is 18.7 Å². The number of anilines is 1. The number of hydrogen-bond donors (Lipinski definition) is 2. The summed E-state index contributed by atoms with van der Waals surface area (Å²) in [6.45, 7) is 4.86. The Labute approximate surface area is 116 Å². The Morgan fingerprint density at radius 3 is 2.47 bits per heavy atom. The third kappa shape index (κ3) is 4.07. The van der Waals surface area contributed by atoms with Gasteiger partial charge in [-0.3, -0.25) is 4.79 Å². The number of benzene rings is 1. The monoisotopic (exact) mass is 337 g/mol. The van der Waals surface area contributed by atoms with Crippen LogP contribution >= 0.6 is 15.9 Å². The molecule has 19 heavy (non-hydrogen) atoms. The van der Waals surface area contributed by atoms with E-state index in [2.05, 4.69) is 22.5 Å². The molecule has 0 radical (unpaired) electrons. The van der Waals surface area contributed by atoms with E-state index in [1.54, 1.807) is 5.32 Å². The highest BCUT2D eigenvalue weighted by molar-refractivity contribution is 9.10. The normalized spacial score (nSPS) is 14.6. The first kappa shape index (κ1) is 15.7. The summed E-state index contributed by atoms with van der Waals surface area (Å²) < 4.78 is 36.9. The van der Waals surface area contributed by atoms with Crippen molar-refractivity contribution in [1.29, 1.82) is 0 Å². The van der Waals surface area contributed by atoms with Gasteiger partial charge < -0.3 is 10.4 Å². The lowest BCUT2D eigenvalue weighted by atomic mass is 9.96. The maximum atomic E-state index is 12.1. The van der Waals surface area contributed by atoms with E-state index in [4.69, 9.17) is 0 Å². The lowest BCUT2D eigenvalue weighted by Crippen LogP contribution is -2.30. The molecule has 1 aromatic rings. The van der Waals surface area contributed by atoms with Crippen LogP contribution in [0.2, 0.25) is 0 Å². The SMILES string of the molecule is C=CC(C)(O)c1cc(Br)cc(NC(=O)C(F)(F)F)c1. The molecule has 1 atom stereocenters. The van der Waals surface area contributed by atoms with Crippen LogP contribution in [0.1, 0.15) is 12.5 Å². The zero-order valence-corrected chi connectivity index (χ0v) is 11.5. The van der Waals surface area contributed by atoms with Crippen molar-refractivity contribution in [2.24, 2.45) is 0 Å². The van der Waals surface area contributed by atoms with Gasteiger partial charge in [-0.2, -0.15) is 13.2 Å². The predicted octanol–water partition coefficient (Wildman–Crippen LogP) is 3.34. The maximum Gasteiger partial charge on any atom is 0.471 e. The minimum atomic E-state index is -4.97. The molecule has 0 aliphatic rings. The van der Waals surface area contributed by atoms with Crippen molar-refractivity contribution >= 4 is 27.5 Å². The summed E-state index contributed by atoms with van der Waals surface area (Å²) in [6, 6.07) is 4.06. The average Bonchev–Trinajstić information content (AvgIpc) is 2.26. The number of nitrogens with one attached hydrogen (secondary N) is 1. The molecule has 7 heteroatoms. The smallest absolute Gasteiger partial charge is 0.381 e. The van der Waals surface area contributed by atoms with Crippen molar-refractivity contribution in [3.8, 4) is 0 Å². The van der Waals surface area contributed by atoms with Gasteiger partial charge in [0.1, 0.15) is 5.60 Å². The van der Waals surface area contributed by atoms with Crippen LogP contribution in [0.25, 0.3) is 0 Å². The molecule has 3 nitrogen and oxygen atoms in total. The first-order valence-electron chi connectivity index (χ1n) is 5.11. The number of halogens is 4. The second-order valence-corrected chi connectivity index (χ2v) is 4.95. The third-order valence-electron chi connectivity index (χ3n) is 2.40. The van der Waals surface area contributed by atoms with E-state index in [0.29, 0.717) is 10.0 Å². The quantitative estimate of drug-likeness (QED) is 0.831. The molecule has 0 aromatic heterocycles. The first-order chi connectivity index (χ1) is 8.56. The van der Waals surface area contributed by atoms with Crippen LogP contribution in [0, 0.1) is 0 Å². The zero-order chi connectivity index (χ0) is 14.8. The molecule has 0 heterocycles. The third-order valence-corrected chi connectivity index (χ3v) is 2.85. The number of carbonyl (C=O) groups excluding carboxylic acids is 1. The maximum absolute atomic E-state index is 12.1. The molecule has 0 spiro atoms. The van der Waals surface area contributed by atoms with Crippen molar-refractivity contribution in [3.05, 3.63) is 40.9 Å². The molecule has 104 valence electrons. The van der Waals surface area contributed by atoms with Gasteiger partial charge in [0.25, 0.3) is 0 Å². The van der Waals surface area contributed by atoms with Crippen LogP contribution in [0.5, 0.6) is 0 Å². The lowest BCUT2D eigenvalue weighted by molar-refractivity contribution is -0.167. The number of amides is 1. The standard InChI is InChI=1S/C12H11BrF3NO2/c1-3-11(2,19)7-4-8(13)6-9(5-7)17-10(18)12(14,15)16/h3-6,19H,1H2,2H3,(H,17,18). The van der Waals surface area contributed by atoms with E-state index < -0.39 is 17.7 Å². The van der Waals surface area contributed by atoms with E-state index in [-0.39, 0.29) is 5.69 Å². The molecule has 0 bridgehead atoms. The Hall–Kier alpha value is -1.34. The molecular weight excluding hydrogens is 327 g/mol. The molecular formula is C12H11BrF3NO2. The fourth-order valence-corrected chi connectivity index (χ4v) is 1.77. The summed E-state index contributed by atoms with van der Waals surface area (Å²) in [5.41, 5.74) is -1.19. The van der Waals surface area contributed by atoms with Crippen LogP contribution in [-0.4, -0.2) is 17.2 Å². The van der Waals surface area contributed by atoms with Gasteiger partial charge in [0.05, 0.1) is 0 Å². The van der Waals surface area contributed by atoms with Crippen LogP contribution in [0.4, 0.5) is 18.9 Å². The highest BCUT2D eigenvalue weighted by atomic mass is 79.9. The van der Waals surface area contributed by atoms with Gasteiger partial charge in [0.15, 0.2) is 0 Å². The average molecular weight is 338 g/mol. The molecule has 0 saturated carbocycles. The van der Waals surface area contributed by atoms with Gasteiger partial charge in [-0.05, 0) is 30.7 Å². The number of alkyl halides is 3. The molecule has 1 unspecified atom stereocenters. The van der Waals surface area contributed by atoms with E-state index in [1.165, 1.54) is 31.2 Å². The Morgan fingerprint density at radius 2 is 2.00 bits per heavy atom. The molecule has 0 aliphatic heterocycles. The highest BCUT2D eigenvalue weighted by Crippen LogP contribution is 2.29. The minimum Gasteiger partial charge on any atom is -0.381 e. The molecule has 0 aliphatic carbocycles. The molecule has 0 saturated heterocycles. The first-order valence-corrected chi connectivity index (χ1v) is 5.91. The van der Waals surface area contributed by atoms with Gasteiger partial charge in [0.2, 0.25) is 0 Å². The van der Waals surface area contributed by atoms with Gasteiger partial charge in [-0.25, -0.2) is 0 Å². The Morgan fingerprint density at radius 1 is 1.42 bits per heavy atom. The Kier molecular flexibility index (Phi) is 4.42. The summed E-state index contributed by atoms with van der Waals surface area (Å²) >= 11 is 3.10. The van der Waals surface area contributed by atoms with Crippen molar-refractivity contribution in [3.63, 3.8) is 0 Å². The van der Waals surface area contributed by atoms with Crippen LogP contribution < -0.4 is 5.32 Å². The topological polar surface area (TPSA) is 49.3 Å². The number of hydrogen-bond acceptors (Lipinski definition) is 2. The van der Waals surface area contributed by atoms with E-state index >= 15 is 0 Å². The van der Waals surface area contributed by atoms with Crippen LogP contribution in [0.3, 0.4) is 0 Å². The van der Waals surface area contributed by atoms with Crippen LogP contribution in [0.15, 0.2) is 35.3 Å². The summed E-state index contributed by atoms with van der Waals surface area (Å²) in [5, 5.41) is 11.7. The van der Waals surface area contributed by atoms with Gasteiger partial charge in [0, 0.05) is 10.2 Å². The van der Waals surface area contributed by atoms with Crippen molar-refractivity contribution < 1.29 is 23.1 Å². The van der Waals surface area contributed by atoms with Crippen molar-refractivity contribution in [2.75, 3.05) is 5.32 Å². The fraction of sp³-hybridized carbons (Fsp3) is 0.250. The predicted molar refractivity (Wildman–Crippen MR) is 68.6 cm³/mol. The van der Waals surface area contributed by atoms with E-state index in [9.17, 15) is 23.1 Å². The van der Waals surface area contributed by atoms with Gasteiger partial charge in [-0.15, -0.1) is 0 Å². The molecule has 0 fully saturated rings. The number of rotatable bonds is 3. The Bertz CT molecular complexity index is 512. The van der Waals surface area contributed by atoms with E-state index in [1.807, 2.05) is 0 Å². The lowest BCUT2D eigenvalue weighted by Gasteiger charge is -2.20. The van der Waals surface area contributed by atoms with Crippen molar-refractivity contribution in [1.82, 2.24) is 0 Å². The summed E-state index contributed by atoms with van der Waals surface area (Å²) in [7, 11) is 0. The molecule has 1 amide bonds. The largest absolute Gasteiger partial charge is 0.471 e. The second kappa shape index (κ2) is 5.34. The second-order valence-electron chi connectivity index (χ2n) is 4.03. The highest BCUT2D eigenvalue weighted by Gasteiger charge is 2.38. The summed E-state index contributed by atoms with van der Waals surface area (Å²) in [4.78, 5) is 10.8.